The lowest BCUT2D eigenvalue weighted by Gasteiger charge is -2.53. The number of ether oxygens (including phenoxy) is 3. The van der Waals surface area contributed by atoms with Gasteiger partial charge in [-0.1, -0.05) is 13.5 Å². The first-order valence-electron chi connectivity index (χ1n) is 10.8. The second-order valence-corrected chi connectivity index (χ2v) is 11.1. The summed E-state index contributed by atoms with van der Waals surface area (Å²) in [6.07, 6.45) is 2.04. The number of carbonyl (C=O) groups is 2. The Morgan fingerprint density at radius 1 is 1.30 bits per heavy atom. The first kappa shape index (κ1) is 22.0. The van der Waals surface area contributed by atoms with E-state index in [1.54, 1.807) is 13.8 Å². The minimum Gasteiger partial charge on any atom is -0.459 e. The van der Waals surface area contributed by atoms with E-state index < -0.39 is 31.4 Å². The topological polar surface area (TPSA) is 101 Å². The maximum atomic E-state index is 12.7. The Hall–Kier alpha value is -1.21. The maximum Gasteiger partial charge on any atom is 0.341 e. The summed E-state index contributed by atoms with van der Waals surface area (Å²) >= 11 is 0. The van der Waals surface area contributed by atoms with Crippen LogP contribution in [0.15, 0.2) is 12.2 Å². The molecular weight excluding hydrogens is 411 g/mol. The maximum absolute atomic E-state index is 12.7. The largest absolute Gasteiger partial charge is 0.459 e. The van der Waals surface area contributed by atoms with Gasteiger partial charge in [-0.05, 0) is 44.9 Å². The molecule has 4 aliphatic rings. The summed E-state index contributed by atoms with van der Waals surface area (Å²) < 4.78 is 40.4. The molecule has 0 aromatic rings. The second-order valence-electron chi connectivity index (χ2n) is 9.09. The molecule has 8 nitrogen and oxygen atoms in total. The minimum atomic E-state index is -3.52. The second kappa shape index (κ2) is 7.73. The zero-order valence-electron chi connectivity index (χ0n) is 17.9. The van der Waals surface area contributed by atoms with Crippen molar-refractivity contribution in [1.29, 1.82) is 0 Å². The van der Waals surface area contributed by atoms with Crippen LogP contribution in [-0.4, -0.2) is 55.7 Å². The van der Waals surface area contributed by atoms with Crippen LogP contribution in [0.2, 0.25) is 0 Å². The van der Waals surface area contributed by atoms with Gasteiger partial charge in [0.2, 0.25) is 0 Å². The molecule has 168 valence electrons. The highest BCUT2D eigenvalue weighted by Crippen LogP contribution is 2.63. The van der Waals surface area contributed by atoms with Crippen LogP contribution in [-0.2, 0) is 37.4 Å². The third kappa shape index (κ3) is 3.66. The van der Waals surface area contributed by atoms with Crippen molar-refractivity contribution in [3.05, 3.63) is 12.2 Å². The molecule has 0 aromatic heterocycles. The molecule has 0 unspecified atom stereocenters. The lowest BCUT2D eigenvalue weighted by atomic mass is 9.53. The van der Waals surface area contributed by atoms with Gasteiger partial charge in [0.25, 0.3) is 0 Å². The van der Waals surface area contributed by atoms with Crippen molar-refractivity contribution in [2.45, 2.75) is 64.3 Å². The van der Waals surface area contributed by atoms with E-state index in [0.717, 1.165) is 19.3 Å². The van der Waals surface area contributed by atoms with Gasteiger partial charge in [0.05, 0.1) is 19.8 Å². The average molecular weight is 442 g/mol. The third-order valence-corrected chi connectivity index (χ3v) is 9.20. The van der Waals surface area contributed by atoms with Crippen LogP contribution in [0.4, 0.5) is 0 Å². The molecule has 2 aliphatic carbocycles. The SMILES string of the molecule is C=C1C(=O)O[C@@H]2C[C@@]3(C)CC[C@@H](OC(=O)CP(=O)(OCC)OCC)[C@]4(CO4)[C@@H]3C[C@H]12. The zero-order chi connectivity index (χ0) is 21.7. The summed E-state index contributed by atoms with van der Waals surface area (Å²) in [4.78, 5) is 24.6. The summed E-state index contributed by atoms with van der Waals surface area (Å²) in [7, 11) is -3.52. The molecular formula is C21H31O8P. The molecule has 0 N–H and O–H groups in total. The van der Waals surface area contributed by atoms with Crippen LogP contribution in [0.3, 0.4) is 0 Å². The fourth-order valence-corrected chi connectivity index (χ4v) is 7.22. The Bertz CT molecular complexity index is 780. The van der Waals surface area contributed by atoms with Crippen molar-refractivity contribution in [2.75, 3.05) is 26.0 Å². The number of esters is 2. The number of hydrogen-bond acceptors (Lipinski definition) is 8. The summed E-state index contributed by atoms with van der Waals surface area (Å²) in [6.45, 7) is 10.4. The molecule has 30 heavy (non-hydrogen) atoms. The normalized spacial score (nSPS) is 40.0. The summed E-state index contributed by atoms with van der Waals surface area (Å²) in [5.41, 5.74) is -0.0793. The minimum absolute atomic E-state index is 0.0118. The molecule has 4 fully saturated rings. The molecule has 0 aromatic carbocycles. The highest BCUT2D eigenvalue weighted by atomic mass is 31.2. The van der Waals surface area contributed by atoms with Gasteiger partial charge in [0, 0.05) is 17.4 Å². The molecule has 1 spiro atoms. The molecule has 2 aliphatic heterocycles. The number of fused-ring (bicyclic) bond motifs is 3. The highest BCUT2D eigenvalue weighted by molar-refractivity contribution is 7.54. The summed E-state index contributed by atoms with van der Waals surface area (Å²) in [5, 5.41) is 0. The smallest absolute Gasteiger partial charge is 0.341 e. The summed E-state index contributed by atoms with van der Waals surface area (Å²) in [6, 6.07) is 0. The highest BCUT2D eigenvalue weighted by Gasteiger charge is 2.69. The predicted octanol–water partition coefficient (Wildman–Crippen LogP) is 3.24. The number of rotatable bonds is 7. The molecule has 2 saturated carbocycles. The van der Waals surface area contributed by atoms with Gasteiger partial charge in [-0.2, -0.15) is 0 Å². The molecule has 2 heterocycles. The Balaban J connectivity index is 1.47. The molecule has 0 radical (unpaired) electrons. The van der Waals surface area contributed by atoms with Crippen LogP contribution < -0.4 is 0 Å². The van der Waals surface area contributed by atoms with Crippen LogP contribution in [0.5, 0.6) is 0 Å². The van der Waals surface area contributed by atoms with E-state index in [0.29, 0.717) is 18.6 Å². The van der Waals surface area contributed by atoms with Gasteiger partial charge in [-0.15, -0.1) is 0 Å². The van der Waals surface area contributed by atoms with Gasteiger partial charge < -0.3 is 23.3 Å². The molecule has 4 rings (SSSR count). The fraction of sp³-hybridized carbons (Fsp3) is 0.810. The molecule has 9 heteroatoms. The van der Waals surface area contributed by atoms with E-state index in [2.05, 4.69) is 13.5 Å². The lowest BCUT2D eigenvalue weighted by Crippen LogP contribution is -2.56. The molecule has 2 saturated heterocycles. The van der Waals surface area contributed by atoms with E-state index in [1.807, 2.05) is 0 Å². The van der Waals surface area contributed by atoms with Crippen molar-refractivity contribution >= 4 is 19.5 Å². The fourth-order valence-electron chi connectivity index (χ4n) is 5.79. The lowest BCUT2D eigenvalue weighted by molar-refractivity contribution is -0.167. The van der Waals surface area contributed by atoms with Gasteiger partial charge >= 0.3 is 19.5 Å². The van der Waals surface area contributed by atoms with Crippen molar-refractivity contribution in [2.24, 2.45) is 17.3 Å². The van der Waals surface area contributed by atoms with Crippen LogP contribution >= 0.6 is 7.60 Å². The monoisotopic (exact) mass is 442 g/mol. The first-order chi connectivity index (χ1) is 14.2. The number of carbonyl (C=O) groups excluding carboxylic acids is 2. The van der Waals surface area contributed by atoms with E-state index in [-0.39, 0.29) is 42.5 Å². The first-order valence-corrected chi connectivity index (χ1v) is 12.5. The predicted molar refractivity (Wildman–Crippen MR) is 107 cm³/mol. The van der Waals surface area contributed by atoms with E-state index >= 15 is 0 Å². The number of hydrogen-bond donors (Lipinski definition) is 0. The van der Waals surface area contributed by atoms with Gasteiger partial charge in [0.15, 0.2) is 0 Å². The van der Waals surface area contributed by atoms with E-state index in [1.165, 1.54) is 0 Å². The van der Waals surface area contributed by atoms with Gasteiger partial charge in [0.1, 0.15) is 24.0 Å². The molecule has 0 bridgehead atoms. The van der Waals surface area contributed by atoms with Crippen molar-refractivity contribution < 1.29 is 37.4 Å². The average Bonchev–Trinajstić information content (AvgIpc) is 3.40. The van der Waals surface area contributed by atoms with Crippen LogP contribution in [0.1, 0.15) is 46.5 Å². The summed E-state index contributed by atoms with van der Waals surface area (Å²) in [5.74, 6) is -0.776. The zero-order valence-corrected chi connectivity index (χ0v) is 18.8. The van der Waals surface area contributed by atoms with E-state index in [9.17, 15) is 14.2 Å². The quantitative estimate of drug-likeness (QED) is 0.256. The molecule has 0 amide bonds. The van der Waals surface area contributed by atoms with Gasteiger partial charge in [-0.25, -0.2) is 4.79 Å². The Labute approximate surface area is 177 Å². The Morgan fingerprint density at radius 2 is 1.97 bits per heavy atom. The van der Waals surface area contributed by atoms with Crippen molar-refractivity contribution in [1.82, 2.24) is 0 Å². The van der Waals surface area contributed by atoms with Crippen molar-refractivity contribution in [3.63, 3.8) is 0 Å². The standard InChI is InChI=1S/C21H31O8P/c1-5-26-30(24,27-6-2)11-18(22)29-17-7-8-20(4)10-15-14(13(3)19(23)28-15)9-16(20)21(17)12-25-21/h14-17H,3,5-12H2,1-2,4H3/t14-,15-,16-,17-,20-,21+/m1/s1. The number of epoxide rings is 1. The van der Waals surface area contributed by atoms with Crippen LogP contribution in [0, 0.1) is 17.3 Å². The van der Waals surface area contributed by atoms with Crippen LogP contribution in [0.25, 0.3) is 0 Å². The molecule has 6 atom stereocenters. The van der Waals surface area contributed by atoms with Crippen molar-refractivity contribution in [3.8, 4) is 0 Å². The van der Waals surface area contributed by atoms with Gasteiger partial charge in [-0.3, -0.25) is 9.36 Å². The Kier molecular flexibility index (Phi) is 5.67. The Morgan fingerprint density at radius 3 is 2.57 bits per heavy atom. The van der Waals surface area contributed by atoms with E-state index in [4.69, 9.17) is 23.3 Å². The third-order valence-electron chi connectivity index (χ3n) is 7.25.